The number of ether oxygens (including phenoxy) is 3. The van der Waals surface area contributed by atoms with Gasteiger partial charge in [0.15, 0.2) is 6.61 Å². The van der Waals surface area contributed by atoms with Crippen molar-refractivity contribution in [2.45, 2.75) is 26.0 Å². The van der Waals surface area contributed by atoms with E-state index in [-0.39, 0.29) is 18.6 Å². The van der Waals surface area contributed by atoms with E-state index < -0.39 is 30.5 Å². The highest BCUT2D eigenvalue weighted by Gasteiger charge is 2.22. The van der Waals surface area contributed by atoms with Gasteiger partial charge in [0, 0.05) is 11.8 Å². The second-order valence-corrected chi connectivity index (χ2v) is 8.15. The van der Waals surface area contributed by atoms with E-state index in [2.05, 4.69) is 10.3 Å². The van der Waals surface area contributed by atoms with Gasteiger partial charge >= 0.3 is 11.9 Å². The summed E-state index contributed by atoms with van der Waals surface area (Å²) in [6.45, 7) is 1.65. The van der Waals surface area contributed by atoms with Gasteiger partial charge in [-0.2, -0.15) is 0 Å². The maximum atomic E-state index is 12.4. The molecule has 0 aliphatic heterocycles. The Bertz CT molecular complexity index is 1100. The van der Waals surface area contributed by atoms with Crippen LogP contribution in [-0.2, 0) is 32.1 Å². The van der Waals surface area contributed by atoms with Crippen molar-refractivity contribution in [3.05, 3.63) is 81.8 Å². The molecule has 1 atom stereocenters. The standard InChI is InChI=1S/C24H24N2O6S/c1-16-25-19(15-33-16)13-31-20-10-6-9-18(12-20)23(28)32-14-22(27)26-21(24(29)30-2)11-17-7-4-3-5-8-17/h3-10,12,15,21H,11,13-14H2,1-2H3,(H,26,27). The Labute approximate surface area is 195 Å². The van der Waals surface area contributed by atoms with Crippen molar-refractivity contribution < 1.29 is 28.6 Å². The molecule has 0 saturated heterocycles. The third kappa shape index (κ3) is 7.43. The fourth-order valence-electron chi connectivity index (χ4n) is 2.98. The first-order valence-electron chi connectivity index (χ1n) is 10.2. The molecule has 0 aliphatic carbocycles. The highest BCUT2D eigenvalue weighted by molar-refractivity contribution is 7.09. The number of aryl methyl sites for hydroxylation is 1. The molecule has 1 aromatic heterocycles. The van der Waals surface area contributed by atoms with E-state index in [1.54, 1.807) is 18.2 Å². The van der Waals surface area contributed by atoms with Gasteiger partial charge in [-0.1, -0.05) is 36.4 Å². The summed E-state index contributed by atoms with van der Waals surface area (Å²) in [5, 5.41) is 5.41. The number of nitrogens with zero attached hydrogens (tertiary/aromatic N) is 1. The van der Waals surface area contributed by atoms with E-state index >= 15 is 0 Å². The molecule has 0 spiro atoms. The number of amides is 1. The number of methoxy groups -OCH3 is 1. The van der Waals surface area contributed by atoms with Gasteiger partial charge in [0.05, 0.1) is 23.4 Å². The smallest absolute Gasteiger partial charge is 0.338 e. The van der Waals surface area contributed by atoms with Gasteiger partial charge in [-0.25, -0.2) is 14.6 Å². The maximum Gasteiger partial charge on any atom is 0.338 e. The summed E-state index contributed by atoms with van der Waals surface area (Å²) in [6, 6.07) is 14.8. The molecule has 9 heteroatoms. The molecule has 0 aliphatic rings. The Balaban J connectivity index is 1.52. The Hall–Kier alpha value is -3.72. The van der Waals surface area contributed by atoms with Crippen LogP contribution in [0.2, 0.25) is 0 Å². The van der Waals surface area contributed by atoms with Gasteiger partial charge in [0.2, 0.25) is 0 Å². The van der Waals surface area contributed by atoms with Crippen LogP contribution in [0.4, 0.5) is 0 Å². The molecule has 172 valence electrons. The first-order chi connectivity index (χ1) is 15.9. The number of thiazole rings is 1. The third-order valence-corrected chi connectivity index (χ3v) is 5.38. The van der Waals surface area contributed by atoms with E-state index in [0.29, 0.717) is 5.75 Å². The average molecular weight is 469 g/mol. The zero-order valence-electron chi connectivity index (χ0n) is 18.3. The first-order valence-corrected chi connectivity index (χ1v) is 11.0. The lowest BCUT2D eigenvalue weighted by Gasteiger charge is -2.16. The van der Waals surface area contributed by atoms with Crippen molar-refractivity contribution in [1.82, 2.24) is 10.3 Å². The van der Waals surface area contributed by atoms with Gasteiger partial charge in [-0.15, -0.1) is 11.3 Å². The molecule has 0 bridgehead atoms. The summed E-state index contributed by atoms with van der Waals surface area (Å²) in [4.78, 5) is 41.1. The molecule has 0 fully saturated rings. The van der Waals surface area contributed by atoms with E-state index in [4.69, 9.17) is 14.2 Å². The Morgan fingerprint density at radius 1 is 1.09 bits per heavy atom. The van der Waals surface area contributed by atoms with Gasteiger partial charge in [-0.05, 0) is 30.7 Å². The van der Waals surface area contributed by atoms with E-state index in [0.717, 1.165) is 16.3 Å². The summed E-state index contributed by atoms with van der Waals surface area (Å²) in [5.74, 6) is -1.40. The first kappa shape index (κ1) is 23.9. The zero-order valence-corrected chi connectivity index (χ0v) is 19.1. The third-order valence-electron chi connectivity index (χ3n) is 4.56. The summed E-state index contributed by atoms with van der Waals surface area (Å²) < 4.78 is 15.6. The van der Waals surface area contributed by atoms with Crippen LogP contribution in [0.5, 0.6) is 5.75 Å². The largest absolute Gasteiger partial charge is 0.487 e. The minimum atomic E-state index is -0.894. The molecular formula is C24H24N2O6S. The summed E-state index contributed by atoms with van der Waals surface area (Å²) in [6.07, 6.45) is 0.255. The van der Waals surface area contributed by atoms with Crippen LogP contribution >= 0.6 is 11.3 Å². The van der Waals surface area contributed by atoms with Gasteiger partial charge in [0.1, 0.15) is 18.4 Å². The topological polar surface area (TPSA) is 104 Å². The second kappa shape index (κ2) is 11.8. The normalized spacial score (nSPS) is 11.3. The van der Waals surface area contributed by atoms with Crippen molar-refractivity contribution in [3.63, 3.8) is 0 Å². The van der Waals surface area contributed by atoms with Crippen LogP contribution in [0.15, 0.2) is 60.0 Å². The lowest BCUT2D eigenvalue weighted by Crippen LogP contribution is -2.44. The van der Waals surface area contributed by atoms with Gasteiger partial charge in [-0.3, -0.25) is 4.79 Å². The van der Waals surface area contributed by atoms with Crippen molar-refractivity contribution in [2.24, 2.45) is 0 Å². The van der Waals surface area contributed by atoms with Crippen LogP contribution in [0.25, 0.3) is 0 Å². The average Bonchev–Trinajstić information content (AvgIpc) is 3.26. The van der Waals surface area contributed by atoms with Gasteiger partial charge in [0.25, 0.3) is 5.91 Å². The van der Waals surface area contributed by atoms with Gasteiger partial charge < -0.3 is 19.5 Å². The molecule has 1 unspecified atom stereocenters. The number of hydrogen-bond donors (Lipinski definition) is 1. The van der Waals surface area contributed by atoms with E-state index in [9.17, 15) is 14.4 Å². The molecule has 3 rings (SSSR count). The number of hydrogen-bond acceptors (Lipinski definition) is 8. The molecule has 8 nitrogen and oxygen atoms in total. The number of aromatic nitrogens is 1. The van der Waals surface area contributed by atoms with Crippen LogP contribution in [0.3, 0.4) is 0 Å². The molecule has 1 N–H and O–H groups in total. The van der Waals surface area contributed by atoms with E-state index in [1.165, 1.54) is 24.5 Å². The van der Waals surface area contributed by atoms with Crippen molar-refractivity contribution in [1.29, 1.82) is 0 Å². The summed E-state index contributed by atoms with van der Waals surface area (Å²) in [7, 11) is 1.25. The molecule has 0 saturated carbocycles. The fraction of sp³-hybridized carbons (Fsp3) is 0.250. The minimum absolute atomic E-state index is 0.239. The lowest BCUT2D eigenvalue weighted by molar-refractivity contribution is -0.145. The molecular weight excluding hydrogens is 444 g/mol. The maximum absolute atomic E-state index is 12.4. The molecule has 2 aromatic carbocycles. The number of benzene rings is 2. The second-order valence-electron chi connectivity index (χ2n) is 7.08. The summed E-state index contributed by atoms with van der Waals surface area (Å²) in [5.41, 5.74) is 1.90. The predicted octanol–water partition coefficient (Wildman–Crippen LogP) is 3.09. The number of rotatable bonds is 10. The number of carbonyl (C=O) groups excluding carboxylic acids is 3. The quantitative estimate of drug-likeness (QED) is 0.456. The highest BCUT2D eigenvalue weighted by atomic mass is 32.1. The zero-order chi connectivity index (χ0) is 23.6. The predicted molar refractivity (Wildman–Crippen MR) is 122 cm³/mol. The molecule has 1 heterocycles. The van der Waals surface area contributed by atoms with Crippen LogP contribution in [0, 0.1) is 6.92 Å². The molecule has 33 heavy (non-hydrogen) atoms. The fourth-order valence-corrected chi connectivity index (χ4v) is 3.58. The summed E-state index contributed by atoms with van der Waals surface area (Å²) >= 11 is 1.53. The van der Waals surface area contributed by atoms with Crippen LogP contribution in [-0.4, -0.2) is 42.6 Å². The Morgan fingerprint density at radius 2 is 1.88 bits per heavy atom. The number of carbonyl (C=O) groups is 3. The number of esters is 2. The van der Waals surface area contributed by atoms with Crippen LogP contribution in [0.1, 0.15) is 26.6 Å². The molecule has 3 aromatic rings. The Kier molecular flexibility index (Phi) is 8.54. The Morgan fingerprint density at radius 3 is 2.58 bits per heavy atom. The highest BCUT2D eigenvalue weighted by Crippen LogP contribution is 2.17. The monoisotopic (exact) mass is 468 g/mol. The molecule has 1 amide bonds. The SMILES string of the molecule is COC(=O)C(Cc1ccccc1)NC(=O)COC(=O)c1cccc(OCc2csc(C)n2)c1. The minimum Gasteiger partial charge on any atom is -0.487 e. The lowest BCUT2D eigenvalue weighted by atomic mass is 10.1. The van der Waals surface area contributed by atoms with Crippen molar-refractivity contribution in [2.75, 3.05) is 13.7 Å². The van der Waals surface area contributed by atoms with Crippen molar-refractivity contribution >= 4 is 29.2 Å². The number of nitrogens with one attached hydrogen (secondary N) is 1. The van der Waals surface area contributed by atoms with E-state index in [1.807, 2.05) is 42.6 Å². The van der Waals surface area contributed by atoms with Crippen LogP contribution < -0.4 is 10.1 Å². The molecule has 0 radical (unpaired) electrons. The van der Waals surface area contributed by atoms with Crippen molar-refractivity contribution in [3.8, 4) is 5.75 Å².